The summed E-state index contributed by atoms with van der Waals surface area (Å²) in [5.41, 5.74) is -0.298. The number of likely N-dealkylation sites (tertiary alicyclic amines) is 1. The van der Waals surface area contributed by atoms with Crippen LogP contribution < -0.4 is 5.32 Å². The number of carbonyl (C=O) groups is 1. The van der Waals surface area contributed by atoms with E-state index in [4.69, 9.17) is 4.74 Å². The predicted octanol–water partition coefficient (Wildman–Crippen LogP) is 1.21. The molecule has 0 aliphatic carbocycles. The van der Waals surface area contributed by atoms with E-state index in [2.05, 4.69) is 16.5 Å². The fourth-order valence-electron chi connectivity index (χ4n) is 2.55. The number of ether oxygens (including phenoxy) is 1. The van der Waals surface area contributed by atoms with Crippen molar-refractivity contribution in [2.75, 3.05) is 46.2 Å². The minimum Gasteiger partial charge on any atom is -0.383 e. The van der Waals surface area contributed by atoms with E-state index >= 15 is 0 Å². The maximum atomic E-state index is 12.7. The number of nitrogens with zero attached hydrogens (tertiary/aromatic N) is 2. The van der Waals surface area contributed by atoms with Crippen LogP contribution >= 0.6 is 21.8 Å². The zero-order valence-electron chi connectivity index (χ0n) is 12.6. The van der Waals surface area contributed by atoms with Crippen molar-refractivity contribution in [2.45, 2.75) is 31.3 Å². The van der Waals surface area contributed by atoms with Crippen LogP contribution in [0.15, 0.2) is 0 Å². The molecule has 2 saturated heterocycles. The van der Waals surface area contributed by atoms with Gasteiger partial charge in [-0.05, 0) is 37.8 Å². The molecule has 1 N–H and O–H groups in total. The molecule has 20 heavy (non-hydrogen) atoms. The van der Waals surface area contributed by atoms with Crippen LogP contribution in [0.25, 0.3) is 0 Å². The number of carbonyl (C=O) groups excluding carboxylic acids is 1. The number of hydrogen-bond acceptors (Lipinski definition) is 6. The topological polar surface area (TPSA) is 44.6 Å². The fourth-order valence-corrected chi connectivity index (χ4v) is 5.09. The van der Waals surface area contributed by atoms with Crippen molar-refractivity contribution < 1.29 is 9.53 Å². The van der Waals surface area contributed by atoms with E-state index in [1.54, 1.807) is 28.9 Å². The average molecular weight is 319 g/mol. The van der Waals surface area contributed by atoms with Crippen molar-refractivity contribution >= 4 is 27.7 Å². The van der Waals surface area contributed by atoms with Gasteiger partial charge in [0.15, 0.2) is 0 Å². The Morgan fingerprint density at radius 3 is 3.05 bits per heavy atom. The zero-order valence-corrected chi connectivity index (χ0v) is 14.2. The minimum atomic E-state index is -0.298. The van der Waals surface area contributed by atoms with E-state index in [9.17, 15) is 4.79 Å². The lowest BCUT2D eigenvalue weighted by atomic mass is 10.1. The quantitative estimate of drug-likeness (QED) is 0.314. The third-order valence-electron chi connectivity index (χ3n) is 3.93. The highest BCUT2D eigenvalue weighted by Crippen LogP contribution is 2.46. The van der Waals surface area contributed by atoms with Crippen LogP contribution in [0.5, 0.6) is 0 Å². The third-order valence-corrected chi connectivity index (χ3v) is 6.48. The molecule has 0 radical (unpaired) electrons. The second-order valence-electron chi connectivity index (χ2n) is 5.56. The van der Waals surface area contributed by atoms with Gasteiger partial charge in [-0.1, -0.05) is 10.8 Å². The molecule has 1 amide bonds. The molecule has 2 fully saturated rings. The van der Waals surface area contributed by atoms with Crippen LogP contribution in [0.3, 0.4) is 0 Å². The SMILES string of the molecule is CNCCSSN1CC1(C)C(=O)N1CCCC1COC. The molecule has 0 aromatic rings. The lowest BCUT2D eigenvalue weighted by Gasteiger charge is -2.27. The number of rotatable bonds is 8. The fraction of sp³-hybridized carbons (Fsp3) is 0.923. The van der Waals surface area contributed by atoms with Gasteiger partial charge in [0.05, 0.1) is 12.6 Å². The van der Waals surface area contributed by atoms with Gasteiger partial charge in [-0.2, -0.15) is 0 Å². The first-order chi connectivity index (χ1) is 9.63. The molecule has 2 rings (SSSR count). The van der Waals surface area contributed by atoms with Crippen LogP contribution in [0.2, 0.25) is 0 Å². The van der Waals surface area contributed by atoms with Crippen LogP contribution in [-0.4, -0.2) is 72.8 Å². The predicted molar refractivity (Wildman–Crippen MR) is 85.7 cm³/mol. The molecule has 116 valence electrons. The van der Waals surface area contributed by atoms with Gasteiger partial charge in [-0.15, -0.1) is 0 Å². The van der Waals surface area contributed by atoms with Crippen molar-refractivity contribution in [2.24, 2.45) is 0 Å². The molecule has 2 aliphatic rings. The molecule has 0 saturated carbocycles. The first kappa shape index (κ1) is 16.4. The summed E-state index contributed by atoms with van der Waals surface area (Å²) >= 11 is 0. The molecule has 3 atom stereocenters. The van der Waals surface area contributed by atoms with E-state index in [-0.39, 0.29) is 17.5 Å². The van der Waals surface area contributed by atoms with Crippen LogP contribution in [0.4, 0.5) is 0 Å². The van der Waals surface area contributed by atoms with Gasteiger partial charge in [0, 0.05) is 32.5 Å². The van der Waals surface area contributed by atoms with Crippen LogP contribution in [-0.2, 0) is 9.53 Å². The highest BCUT2D eigenvalue weighted by atomic mass is 33.1. The molecular formula is C13H25N3O2S2. The summed E-state index contributed by atoms with van der Waals surface area (Å²) < 4.78 is 7.43. The van der Waals surface area contributed by atoms with Gasteiger partial charge in [0.1, 0.15) is 5.54 Å². The molecule has 2 heterocycles. The van der Waals surface area contributed by atoms with Gasteiger partial charge >= 0.3 is 0 Å². The monoisotopic (exact) mass is 319 g/mol. The molecule has 0 aromatic heterocycles. The van der Waals surface area contributed by atoms with Gasteiger partial charge in [-0.3, -0.25) is 4.79 Å². The number of hydrogen-bond donors (Lipinski definition) is 1. The second kappa shape index (κ2) is 7.35. The Labute approximate surface area is 129 Å². The van der Waals surface area contributed by atoms with Gasteiger partial charge in [0.2, 0.25) is 5.91 Å². The van der Waals surface area contributed by atoms with Gasteiger partial charge < -0.3 is 15.0 Å². The summed E-state index contributed by atoms with van der Waals surface area (Å²) in [6, 6.07) is 0.272. The Hall–Kier alpha value is 0.0500. The van der Waals surface area contributed by atoms with Crippen LogP contribution in [0.1, 0.15) is 19.8 Å². The number of methoxy groups -OCH3 is 1. The summed E-state index contributed by atoms with van der Waals surface area (Å²) in [7, 11) is 7.20. The Bertz CT molecular complexity index is 346. The Morgan fingerprint density at radius 1 is 1.55 bits per heavy atom. The number of nitrogens with one attached hydrogen (secondary N) is 1. The van der Waals surface area contributed by atoms with Gasteiger partial charge in [-0.25, -0.2) is 4.31 Å². The number of amides is 1. The summed E-state index contributed by atoms with van der Waals surface area (Å²) in [5, 5.41) is 3.13. The first-order valence-corrected chi connectivity index (χ1v) is 9.43. The van der Waals surface area contributed by atoms with Crippen LogP contribution in [0, 0.1) is 0 Å². The van der Waals surface area contributed by atoms with E-state index in [1.807, 2.05) is 11.9 Å². The molecule has 0 aromatic carbocycles. The van der Waals surface area contributed by atoms with Gasteiger partial charge in [0.25, 0.3) is 0 Å². The summed E-state index contributed by atoms with van der Waals surface area (Å²) in [6.45, 7) is 5.46. The highest BCUT2D eigenvalue weighted by molar-refractivity contribution is 8.75. The van der Waals surface area contributed by atoms with Crippen molar-refractivity contribution in [1.29, 1.82) is 0 Å². The Balaban J connectivity index is 1.80. The zero-order chi connectivity index (χ0) is 14.6. The average Bonchev–Trinajstić information content (AvgIpc) is 2.88. The summed E-state index contributed by atoms with van der Waals surface area (Å²) in [4.78, 5) is 14.7. The van der Waals surface area contributed by atoms with E-state index < -0.39 is 0 Å². The van der Waals surface area contributed by atoms with E-state index in [0.29, 0.717) is 6.61 Å². The normalized spacial score (nSPS) is 32.6. The Morgan fingerprint density at radius 2 is 2.35 bits per heavy atom. The third kappa shape index (κ3) is 3.62. The largest absolute Gasteiger partial charge is 0.383 e. The Kier molecular flexibility index (Phi) is 6.04. The lowest BCUT2D eigenvalue weighted by Crippen LogP contribution is -2.45. The van der Waals surface area contributed by atoms with Crippen molar-refractivity contribution in [3.63, 3.8) is 0 Å². The molecule has 0 spiro atoms. The molecule has 3 unspecified atom stereocenters. The van der Waals surface area contributed by atoms with E-state index in [1.165, 1.54) is 0 Å². The van der Waals surface area contributed by atoms with E-state index in [0.717, 1.165) is 38.2 Å². The molecule has 0 bridgehead atoms. The van der Waals surface area contributed by atoms with Crippen molar-refractivity contribution in [1.82, 2.24) is 14.5 Å². The van der Waals surface area contributed by atoms with Crippen molar-refractivity contribution in [3.05, 3.63) is 0 Å². The summed E-state index contributed by atoms with van der Waals surface area (Å²) in [5.74, 6) is 1.33. The standard InChI is InChI=1S/C13H25N3O2S2/c1-13(10-16(13)20-19-8-6-14-2)12(17)15-7-4-5-11(15)9-18-3/h11,14H,4-10H2,1-3H3. The smallest absolute Gasteiger partial charge is 0.245 e. The minimum absolute atomic E-state index is 0.272. The molecule has 2 aliphatic heterocycles. The maximum absolute atomic E-state index is 12.7. The highest BCUT2D eigenvalue weighted by Gasteiger charge is 2.57. The summed E-state index contributed by atoms with van der Waals surface area (Å²) in [6.07, 6.45) is 2.17. The molecular weight excluding hydrogens is 294 g/mol. The lowest BCUT2D eigenvalue weighted by molar-refractivity contribution is -0.135. The molecule has 5 nitrogen and oxygen atoms in total. The molecule has 7 heteroatoms. The maximum Gasteiger partial charge on any atom is 0.245 e. The van der Waals surface area contributed by atoms with Crippen molar-refractivity contribution in [3.8, 4) is 0 Å². The first-order valence-electron chi connectivity index (χ1n) is 7.15. The second-order valence-corrected chi connectivity index (χ2v) is 7.95.